The van der Waals surface area contributed by atoms with Gasteiger partial charge in [-0.3, -0.25) is 9.69 Å². The molecule has 0 spiro atoms. The fraction of sp³-hybridized carbons (Fsp3) is 0.261. The average molecular weight is 509 g/mol. The molecule has 0 saturated carbocycles. The number of carbonyl (C=O) groups is 2. The van der Waals surface area contributed by atoms with E-state index in [2.05, 4.69) is 15.0 Å². The summed E-state index contributed by atoms with van der Waals surface area (Å²) in [5.74, 6) is -8.51. The van der Waals surface area contributed by atoms with Gasteiger partial charge in [-0.15, -0.1) is 11.3 Å². The Kier molecular flexibility index (Phi) is 7.20. The molecule has 0 bridgehead atoms. The molecule has 1 saturated heterocycles. The number of anilines is 1. The summed E-state index contributed by atoms with van der Waals surface area (Å²) in [6.45, 7) is 0.363. The van der Waals surface area contributed by atoms with Crippen LogP contribution in [0.3, 0.4) is 0 Å². The van der Waals surface area contributed by atoms with E-state index in [1.165, 1.54) is 4.90 Å². The lowest BCUT2D eigenvalue weighted by molar-refractivity contribution is -0.120. The van der Waals surface area contributed by atoms with Gasteiger partial charge in [0.1, 0.15) is 12.6 Å². The first-order valence-electron chi connectivity index (χ1n) is 10.5. The van der Waals surface area contributed by atoms with Crippen molar-refractivity contribution < 1.29 is 36.6 Å². The van der Waals surface area contributed by atoms with Crippen molar-refractivity contribution in [3.8, 4) is 17.0 Å². The van der Waals surface area contributed by atoms with Gasteiger partial charge in [0.15, 0.2) is 22.5 Å². The molecule has 12 heteroatoms. The number of halogens is 4. The Labute approximate surface area is 201 Å². The third-order valence-electron chi connectivity index (χ3n) is 5.41. The Morgan fingerprint density at radius 3 is 2.46 bits per heavy atom. The Morgan fingerprint density at radius 2 is 1.80 bits per heavy atom. The zero-order valence-corrected chi connectivity index (χ0v) is 19.1. The third kappa shape index (κ3) is 4.92. The van der Waals surface area contributed by atoms with E-state index in [1.54, 1.807) is 12.1 Å². The van der Waals surface area contributed by atoms with Gasteiger partial charge >= 0.3 is 6.09 Å². The molecule has 1 fully saturated rings. The van der Waals surface area contributed by atoms with Crippen molar-refractivity contribution in [2.24, 2.45) is 0 Å². The van der Waals surface area contributed by atoms with E-state index in [0.29, 0.717) is 19.4 Å². The molecule has 2 heterocycles. The number of hydrogen-bond donors (Lipinski definition) is 1. The number of nitrogens with one attached hydrogen (secondary N) is 1. The van der Waals surface area contributed by atoms with E-state index in [-0.39, 0.29) is 11.7 Å². The third-order valence-corrected chi connectivity index (χ3v) is 6.17. The molecular formula is C23H19F4N3O4S. The predicted molar refractivity (Wildman–Crippen MR) is 119 cm³/mol. The SMILES string of the molecule is COc1c(F)c(F)c(-c2csc(NC(=O)[C@H]3CCCN3C(=O)OCc3ccccc3)n2)c(F)c1F. The number of amides is 2. The van der Waals surface area contributed by atoms with E-state index in [9.17, 15) is 27.2 Å². The van der Waals surface area contributed by atoms with Gasteiger partial charge in [-0.1, -0.05) is 30.3 Å². The molecule has 7 nitrogen and oxygen atoms in total. The standard InChI is InChI=1S/C23H19F4N3O4S/c1-33-20-18(26)16(24)15(17(25)19(20)27)13-11-35-22(28-13)29-21(31)14-8-5-9-30(14)23(32)34-10-12-6-3-2-4-7-12/h2-4,6-7,11,14H,5,8-10H2,1H3,(H,28,29,31)/t14-/m1/s1. The van der Waals surface area contributed by atoms with Gasteiger partial charge in [0, 0.05) is 11.9 Å². The number of likely N-dealkylation sites (tertiary alicyclic amines) is 1. The number of carbonyl (C=O) groups excluding carboxylic acids is 2. The zero-order valence-electron chi connectivity index (χ0n) is 18.3. The van der Waals surface area contributed by atoms with Crippen LogP contribution in [0.15, 0.2) is 35.7 Å². The second-order valence-electron chi connectivity index (χ2n) is 7.58. The number of hydrogen-bond acceptors (Lipinski definition) is 6. The highest BCUT2D eigenvalue weighted by Gasteiger charge is 2.36. The van der Waals surface area contributed by atoms with E-state index in [1.807, 2.05) is 18.2 Å². The molecule has 3 aromatic rings. The largest absolute Gasteiger partial charge is 0.491 e. The summed E-state index contributed by atoms with van der Waals surface area (Å²) in [7, 11) is 0.875. The fourth-order valence-electron chi connectivity index (χ4n) is 3.71. The first kappa shape index (κ1) is 24.5. The van der Waals surface area contributed by atoms with Crippen LogP contribution in [0.1, 0.15) is 18.4 Å². The summed E-state index contributed by atoms with van der Waals surface area (Å²) in [5, 5.41) is 3.56. The van der Waals surface area contributed by atoms with Crippen LogP contribution < -0.4 is 10.1 Å². The molecule has 1 N–H and O–H groups in total. The van der Waals surface area contributed by atoms with Crippen molar-refractivity contribution in [2.75, 3.05) is 19.0 Å². The molecule has 0 radical (unpaired) electrons. The van der Waals surface area contributed by atoms with Crippen LogP contribution in [0.5, 0.6) is 5.75 Å². The average Bonchev–Trinajstić information content (AvgIpc) is 3.53. The predicted octanol–water partition coefficient (Wildman–Crippen LogP) is 5.11. The summed E-state index contributed by atoms with van der Waals surface area (Å²) in [6.07, 6.45) is 0.296. The van der Waals surface area contributed by atoms with Crippen LogP contribution in [0.4, 0.5) is 27.5 Å². The number of nitrogens with zero attached hydrogens (tertiary/aromatic N) is 2. The monoisotopic (exact) mass is 509 g/mol. The zero-order chi connectivity index (χ0) is 25.1. The molecule has 2 amide bonds. The van der Waals surface area contributed by atoms with Crippen molar-refractivity contribution in [2.45, 2.75) is 25.5 Å². The van der Waals surface area contributed by atoms with E-state index >= 15 is 0 Å². The van der Waals surface area contributed by atoms with Crippen LogP contribution >= 0.6 is 11.3 Å². The summed E-state index contributed by atoms with van der Waals surface area (Å²) in [4.78, 5) is 30.5. The molecule has 1 aliphatic rings. The minimum Gasteiger partial charge on any atom is -0.491 e. The second-order valence-corrected chi connectivity index (χ2v) is 8.44. The number of thiazole rings is 1. The Bertz CT molecular complexity index is 1230. The maximum atomic E-state index is 14.4. The molecule has 1 aromatic heterocycles. The van der Waals surface area contributed by atoms with Crippen molar-refractivity contribution in [3.63, 3.8) is 0 Å². The Hall–Kier alpha value is -3.67. The highest BCUT2D eigenvalue weighted by Crippen LogP contribution is 2.36. The van der Waals surface area contributed by atoms with Crippen molar-refractivity contribution >= 4 is 28.5 Å². The number of benzene rings is 2. The minimum atomic E-state index is -1.70. The molecule has 0 aliphatic carbocycles. The second kappa shape index (κ2) is 10.3. The topological polar surface area (TPSA) is 80.8 Å². The normalized spacial score (nSPS) is 15.2. The smallest absolute Gasteiger partial charge is 0.410 e. The summed E-state index contributed by atoms with van der Waals surface area (Å²) >= 11 is 0.801. The highest BCUT2D eigenvalue weighted by atomic mass is 32.1. The maximum Gasteiger partial charge on any atom is 0.410 e. The van der Waals surface area contributed by atoms with Gasteiger partial charge in [-0.05, 0) is 18.4 Å². The molecule has 35 heavy (non-hydrogen) atoms. The lowest BCUT2D eigenvalue weighted by Gasteiger charge is -2.22. The number of ether oxygens (including phenoxy) is 2. The quantitative estimate of drug-likeness (QED) is 0.369. The van der Waals surface area contributed by atoms with Gasteiger partial charge in [-0.25, -0.2) is 18.6 Å². The number of aromatic nitrogens is 1. The number of methoxy groups -OCH3 is 1. The van der Waals surface area contributed by atoms with Gasteiger partial charge < -0.3 is 14.8 Å². The highest BCUT2D eigenvalue weighted by molar-refractivity contribution is 7.14. The molecule has 2 aromatic carbocycles. The van der Waals surface area contributed by atoms with E-state index in [0.717, 1.165) is 29.4 Å². The van der Waals surface area contributed by atoms with Gasteiger partial charge in [0.2, 0.25) is 17.5 Å². The first-order valence-corrected chi connectivity index (χ1v) is 11.3. The minimum absolute atomic E-state index is 0.0481. The van der Waals surface area contributed by atoms with E-state index < -0.39 is 58.3 Å². The lowest BCUT2D eigenvalue weighted by atomic mass is 10.1. The van der Waals surface area contributed by atoms with Gasteiger partial charge in [0.25, 0.3) is 0 Å². The summed E-state index contributed by atoms with van der Waals surface area (Å²) in [6, 6.07) is 8.21. The van der Waals surface area contributed by atoms with Crippen LogP contribution in [-0.2, 0) is 16.1 Å². The molecule has 4 rings (SSSR count). The summed E-state index contributed by atoms with van der Waals surface area (Å²) in [5.41, 5.74) is -0.641. The van der Waals surface area contributed by atoms with E-state index in [4.69, 9.17) is 4.74 Å². The molecule has 1 atom stereocenters. The lowest BCUT2D eigenvalue weighted by Crippen LogP contribution is -2.43. The Balaban J connectivity index is 1.46. The van der Waals surface area contributed by atoms with Crippen molar-refractivity contribution in [1.82, 2.24) is 9.88 Å². The van der Waals surface area contributed by atoms with Crippen molar-refractivity contribution in [3.05, 3.63) is 64.5 Å². The Morgan fingerprint density at radius 1 is 1.11 bits per heavy atom. The summed E-state index contributed by atoms with van der Waals surface area (Å²) < 4.78 is 66.5. The molecule has 184 valence electrons. The van der Waals surface area contributed by atoms with Crippen molar-refractivity contribution in [1.29, 1.82) is 0 Å². The fourth-order valence-corrected chi connectivity index (χ4v) is 4.41. The van der Waals surface area contributed by atoms with Gasteiger partial charge in [-0.2, -0.15) is 8.78 Å². The van der Waals surface area contributed by atoms with Gasteiger partial charge in [0.05, 0.1) is 18.4 Å². The van der Waals surface area contributed by atoms with Crippen LogP contribution in [0.2, 0.25) is 0 Å². The first-order chi connectivity index (χ1) is 16.8. The molecule has 1 aliphatic heterocycles. The van der Waals surface area contributed by atoms with Crippen LogP contribution in [0, 0.1) is 23.3 Å². The van der Waals surface area contributed by atoms with Crippen LogP contribution in [-0.4, -0.2) is 41.6 Å². The van der Waals surface area contributed by atoms with Crippen LogP contribution in [0.25, 0.3) is 11.3 Å². The maximum absolute atomic E-state index is 14.4. The number of rotatable bonds is 6. The molecule has 0 unspecified atom stereocenters. The molecular weight excluding hydrogens is 490 g/mol.